The average Bonchev–Trinajstić information content (AvgIpc) is 3.25. The van der Waals surface area contributed by atoms with Gasteiger partial charge in [-0.3, -0.25) is 4.79 Å². The van der Waals surface area contributed by atoms with Gasteiger partial charge in [0.15, 0.2) is 0 Å². The number of nitrogens with zero attached hydrogens (tertiary/aromatic N) is 1. The Bertz CT molecular complexity index is 591. The normalized spacial score (nSPS) is 31.6. The van der Waals surface area contributed by atoms with E-state index in [2.05, 4.69) is 41.5 Å². The number of fused-ring (bicyclic) bond motifs is 1. The van der Waals surface area contributed by atoms with Crippen molar-refractivity contribution in [3.05, 3.63) is 35.9 Å². The van der Waals surface area contributed by atoms with E-state index < -0.39 is 0 Å². The first-order valence-corrected chi connectivity index (χ1v) is 10.2. The largest absolute Gasteiger partial charge is 0.355 e. The first kappa shape index (κ1) is 17.1. The predicted octanol–water partition coefficient (Wildman–Crippen LogP) is 3.59. The van der Waals surface area contributed by atoms with Crippen LogP contribution in [0.3, 0.4) is 0 Å². The van der Waals surface area contributed by atoms with E-state index in [9.17, 15) is 4.79 Å². The summed E-state index contributed by atoms with van der Waals surface area (Å²) in [5.41, 5.74) is 0.868. The van der Waals surface area contributed by atoms with Crippen LogP contribution in [-0.2, 0) is 10.2 Å². The standard InChI is InChI=1S/C22H32N2O/c1-24-14-12-22(13-15-24,19-7-3-2-4-8-19)21(25)23-16-18-11-10-17-6-5-9-20(17)18/h2-4,7-8,17-18,20H,5-6,9-16H2,1H3,(H,23,25)/t17-,18+,20-/m0/s1. The van der Waals surface area contributed by atoms with E-state index in [0.29, 0.717) is 0 Å². The maximum Gasteiger partial charge on any atom is 0.230 e. The van der Waals surface area contributed by atoms with Crippen LogP contribution < -0.4 is 5.32 Å². The molecule has 1 aliphatic heterocycles. The van der Waals surface area contributed by atoms with Gasteiger partial charge >= 0.3 is 0 Å². The molecule has 3 fully saturated rings. The van der Waals surface area contributed by atoms with Crippen LogP contribution in [0.25, 0.3) is 0 Å². The Morgan fingerprint density at radius 1 is 1.12 bits per heavy atom. The Balaban J connectivity index is 1.47. The van der Waals surface area contributed by atoms with Crippen LogP contribution in [0.1, 0.15) is 50.5 Å². The number of carbonyl (C=O) groups excluding carboxylic acids is 1. The van der Waals surface area contributed by atoms with Gasteiger partial charge < -0.3 is 10.2 Å². The molecule has 1 amide bonds. The predicted molar refractivity (Wildman–Crippen MR) is 101 cm³/mol. The zero-order chi connectivity index (χ0) is 17.3. The van der Waals surface area contributed by atoms with E-state index in [-0.39, 0.29) is 11.3 Å². The highest BCUT2D eigenvalue weighted by Gasteiger charge is 2.43. The van der Waals surface area contributed by atoms with Crippen molar-refractivity contribution in [1.29, 1.82) is 0 Å². The Kier molecular flexibility index (Phi) is 4.86. The monoisotopic (exact) mass is 340 g/mol. The highest BCUT2D eigenvalue weighted by molar-refractivity contribution is 5.88. The number of carbonyl (C=O) groups is 1. The van der Waals surface area contributed by atoms with Crippen molar-refractivity contribution in [3.63, 3.8) is 0 Å². The van der Waals surface area contributed by atoms with Crippen LogP contribution >= 0.6 is 0 Å². The fourth-order valence-corrected chi connectivity index (χ4v) is 5.74. The maximum absolute atomic E-state index is 13.3. The molecule has 1 aromatic rings. The molecule has 0 bridgehead atoms. The highest BCUT2D eigenvalue weighted by Crippen LogP contribution is 2.47. The number of hydrogen-bond donors (Lipinski definition) is 1. The minimum Gasteiger partial charge on any atom is -0.355 e. The third kappa shape index (κ3) is 3.23. The second kappa shape index (κ2) is 7.11. The molecule has 0 unspecified atom stereocenters. The topological polar surface area (TPSA) is 32.3 Å². The van der Waals surface area contributed by atoms with Crippen LogP contribution in [0.2, 0.25) is 0 Å². The van der Waals surface area contributed by atoms with Crippen molar-refractivity contribution in [3.8, 4) is 0 Å². The van der Waals surface area contributed by atoms with Crippen molar-refractivity contribution in [2.45, 2.75) is 50.4 Å². The van der Waals surface area contributed by atoms with E-state index >= 15 is 0 Å². The third-order valence-electron chi connectivity index (χ3n) is 7.36. The van der Waals surface area contributed by atoms with E-state index in [1.807, 2.05) is 6.07 Å². The van der Waals surface area contributed by atoms with Crippen molar-refractivity contribution in [2.75, 3.05) is 26.7 Å². The molecule has 1 saturated heterocycles. The van der Waals surface area contributed by atoms with Crippen molar-refractivity contribution in [2.24, 2.45) is 17.8 Å². The summed E-state index contributed by atoms with van der Waals surface area (Å²) in [4.78, 5) is 15.7. The molecule has 1 aromatic carbocycles. The molecule has 2 saturated carbocycles. The number of benzene rings is 1. The number of rotatable bonds is 4. The summed E-state index contributed by atoms with van der Waals surface area (Å²) in [6.45, 7) is 2.89. The van der Waals surface area contributed by atoms with Crippen LogP contribution in [-0.4, -0.2) is 37.5 Å². The third-order valence-corrected chi connectivity index (χ3v) is 7.36. The molecule has 1 N–H and O–H groups in total. The molecule has 3 atom stereocenters. The zero-order valence-electron chi connectivity index (χ0n) is 15.5. The smallest absolute Gasteiger partial charge is 0.230 e. The highest BCUT2D eigenvalue weighted by atomic mass is 16.2. The molecule has 2 aliphatic carbocycles. The van der Waals surface area contributed by atoms with Crippen LogP contribution in [0, 0.1) is 17.8 Å². The lowest BCUT2D eigenvalue weighted by Gasteiger charge is -2.40. The molecule has 3 nitrogen and oxygen atoms in total. The summed E-state index contributed by atoms with van der Waals surface area (Å²) in [5.74, 6) is 2.82. The first-order chi connectivity index (χ1) is 12.2. The SMILES string of the molecule is CN1CCC(C(=O)NC[C@H]2CC[C@@H]3CCC[C@@H]32)(c2ccccc2)CC1. The first-order valence-electron chi connectivity index (χ1n) is 10.2. The van der Waals surface area contributed by atoms with Crippen molar-refractivity contribution in [1.82, 2.24) is 10.2 Å². The lowest BCUT2D eigenvalue weighted by molar-refractivity contribution is -0.128. The summed E-state index contributed by atoms with van der Waals surface area (Å²) in [6, 6.07) is 10.5. The summed E-state index contributed by atoms with van der Waals surface area (Å²) < 4.78 is 0. The minimum absolute atomic E-state index is 0.272. The number of piperidine rings is 1. The van der Waals surface area contributed by atoms with E-state index in [1.54, 1.807) is 0 Å². The molecular formula is C22H32N2O. The van der Waals surface area contributed by atoms with Gasteiger partial charge in [-0.15, -0.1) is 0 Å². The van der Waals surface area contributed by atoms with Gasteiger partial charge in [0.25, 0.3) is 0 Å². The van der Waals surface area contributed by atoms with Crippen LogP contribution in [0.15, 0.2) is 30.3 Å². The number of likely N-dealkylation sites (tertiary alicyclic amines) is 1. The van der Waals surface area contributed by atoms with Gasteiger partial charge in [0, 0.05) is 6.54 Å². The fraction of sp³-hybridized carbons (Fsp3) is 0.682. The molecular weight excluding hydrogens is 308 g/mol. The summed E-state index contributed by atoms with van der Waals surface area (Å²) in [7, 11) is 2.16. The molecule has 1 heterocycles. The van der Waals surface area contributed by atoms with E-state index in [1.165, 1.54) is 37.7 Å². The number of amides is 1. The van der Waals surface area contributed by atoms with Gasteiger partial charge in [-0.2, -0.15) is 0 Å². The van der Waals surface area contributed by atoms with Gasteiger partial charge in [0.2, 0.25) is 5.91 Å². The Morgan fingerprint density at radius 3 is 2.64 bits per heavy atom. The lowest BCUT2D eigenvalue weighted by Crippen LogP contribution is -2.51. The molecule has 136 valence electrons. The second-order valence-electron chi connectivity index (χ2n) is 8.65. The quantitative estimate of drug-likeness (QED) is 0.908. The molecule has 0 radical (unpaired) electrons. The maximum atomic E-state index is 13.3. The van der Waals surface area contributed by atoms with Crippen LogP contribution in [0.4, 0.5) is 0 Å². The van der Waals surface area contributed by atoms with Gasteiger partial charge in [-0.05, 0) is 75.6 Å². The summed E-state index contributed by atoms with van der Waals surface area (Å²) in [6.07, 6.45) is 8.78. The minimum atomic E-state index is -0.332. The Labute approximate surface area is 152 Å². The van der Waals surface area contributed by atoms with Gasteiger partial charge in [0.1, 0.15) is 0 Å². The van der Waals surface area contributed by atoms with Crippen LogP contribution in [0.5, 0.6) is 0 Å². The number of nitrogens with one attached hydrogen (secondary N) is 1. The molecule has 3 aliphatic rings. The van der Waals surface area contributed by atoms with Gasteiger partial charge in [-0.1, -0.05) is 43.2 Å². The van der Waals surface area contributed by atoms with Crippen molar-refractivity contribution < 1.29 is 4.79 Å². The van der Waals surface area contributed by atoms with Gasteiger partial charge in [0.05, 0.1) is 5.41 Å². The molecule has 4 rings (SSSR count). The van der Waals surface area contributed by atoms with Gasteiger partial charge in [-0.25, -0.2) is 0 Å². The Morgan fingerprint density at radius 2 is 1.88 bits per heavy atom. The second-order valence-corrected chi connectivity index (χ2v) is 8.65. The van der Waals surface area contributed by atoms with E-state index in [0.717, 1.165) is 50.2 Å². The molecule has 25 heavy (non-hydrogen) atoms. The lowest BCUT2D eigenvalue weighted by atomic mass is 9.72. The van der Waals surface area contributed by atoms with E-state index in [4.69, 9.17) is 0 Å². The summed E-state index contributed by atoms with van der Waals surface area (Å²) >= 11 is 0. The Hall–Kier alpha value is -1.35. The zero-order valence-corrected chi connectivity index (χ0v) is 15.5. The average molecular weight is 341 g/mol. The molecule has 0 spiro atoms. The molecule has 0 aromatic heterocycles. The fourth-order valence-electron chi connectivity index (χ4n) is 5.74. The molecule has 3 heteroatoms. The number of hydrogen-bond acceptors (Lipinski definition) is 2. The summed E-state index contributed by atoms with van der Waals surface area (Å²) in [5, 5.41) is 3.40. The van der Waals surface area contributed by atoms with Crippen molar-refractivity contribution >= 4 is 5.91 Å².